The number of hydrogen-bond donors (Lipinski definition) is 1. The van der Waals surface area contributed by atoms with E-state index < -0.39 is 17.2 Å². The van der Waals surface area contributed by atoms with E-state index >= 15 is 0 Å². The lowest BCUT2D eigenvalue weighted by molar-refractivity contribution is -0.143. The Bertz CT molecular complexity index is 1350. The molecule has 0 radical (unpaired) electrons. The number of aliphatic hydroxyl groups excluding tert-OH is 1. The highest BCUT2D eigenvalue weighted by Gasteiger charge is 2.66. The van der Waals surface area contributed by atoms with Crippen molar-refractivity contribution in [1.82, 2.24) is 9.80 Å². The van der Waals surface area contributed by atoms with Crippen molar-refractivity contribution < 1.29 is 29.0 Å². The summed E-state index contributed by atoms with van der Waals surface area (Å²) in [6.45, 7) is 8.15. The number of unbranched alkanes of at least 4 members (excludes halogenated alkanes) is 1. The van der Waals surface area contributed by atoms with E-state index in [0.717, 1.165) is 31.5 Å². The maximum atomic E-state index is 14.6. The molecule has 1 N–H and O–H groups in total. The van der Waals surface area contributed by atoms with Gasteiger partial charge in [-0.25, -0.2) is 0 Å². The quantitative estimate of drug-likeness (QED) is 0.292. The monoisotopic (exact) mass is 547 g/mol. The summed E-state index contributed by atoms with van der Waals surface area (Å²) >= 11 is 0. The highest BCUT2D eigenvalue weighted by Crippen LogP contribution is 2.53. The number of anilines is 1. The lowest BCUT2D eigenvalue weighted by Crippen LogP contribution is -2.52. The number of nitrogens with zero attached hydrogens (tertiary/aromatic N) is 3. The van der Waals surface area contributed by atoms with Crippen LogP contribution in [0, 0.1) is 6.92 Å². The molecule has 5 rings (SSSR count). The van der Waals surface area contributed by atoms with Gasteiger partial charge in [-0.1, -0.05) is 31.5 Å². The number of methoxy groups -OCH3 is 1. The standard InChI is InChI=1S/C31H37N3O6/c1-4-5-14-33-24-10-7-6-9-23(24)31(30(33)38)26(27(35)22-11-12-25(39-3)21(2)20-22)28(36)29(37)34(31)15-8-13-32-16-18-40-19-17-32/h6-7,9-12,20,35H,4-5,8,13-19H2,1-3H3/b27-26+. The molecular formula is C31H37N3O6. The molecular weight excluding hydrogens is 510 g/mol. The number of carbonyl (C=O) groups is 3. The Balaban J connectivity index is 1.65. The molecule has 2 fully saturated rings. The first-order valence-corrected chi connectivity index (χ1v) is 14.0. The maximum absolute atomic E-state index is 14.6. The van der Waals surface area contributed by atoms with Crippen LogP contribution >= 0.6 is 0 Å². The molecule has 1 atom stereocenters. The first-order valence-electron chi connectivity index (χ1n) is 14.0. The minimum Gasteiger partial charge on any atom is -0.507 e. The van der Waals surface area contributed by atoms with Crippen molar-refractivity contribution in [3.8, 4) is 5.75 Å². The van der Waals surface area contributed by atoms with Crippen molar-refractivity contribution in [3.63, 3.8) is 0 Å². The van der Waals surface area contributed by atoms with Crippen molar-refractivity contribution in [2.45, 2.75) is 38.6 Å². The molecule has 3 heterocycles. The highest BCUT2D eigenvalue weighted by atomic mass is 16.5. The molecule has 2 saturated heterocycles. The minimum absolute atomic E-state index is 0.176. The average Bonchev–Trinajstić information content (AvgIpc) is 3.34. The smallest absolute Gasteiger partial charge is 0.296 e. The largest absolute Gasteiger partial charge is 0.507 e. The Labute approximate surface area is 235 Å². The van der Waals surface area contributed by atoms with Crippen molar-refractivity contribution in [1.29, 1.82) is 0 Å². The van der Waals surface area contributed by atoms with E-state index in [0.29, 0.717) is 55.3 Å². The second-order valence-corrected chi connectivity index (χ2v) is 10.5. The highest BCUT2D eigenvalue weighted by molar-refractivity contribution is 6.50. The number of Topliss-reactive ketones (excluding diaryl/α,β-unsaturated/α-hetero) is 1. The molecule has 1 spiro atoms. The fourth-order valence-corrected chi connectivity index (χ4v) is 6.15. The van der Waals surface area contributed by atoms with Crippen LogP contribution < -0.4 is 9.64 Å². The number of likely N-dealkylation sites (tertiary alicyclic amines) is 1. The van der Waals surface area contributed by atoms with Crippen LogP contribution in [0.25, 0.3) is 5.76 Å². The van der Waals surface area contributed by atoms with Gasteiger partial charge in [-0.3, -0.25) is 19.3 Å². The van der Waals surface area contributed by atoms with Gasteiger partial charge in [0.25, 0.3) is 17.6 Å². The number of morpholine rings is 1. The van der Waals surface area contributed by atoms with Crippen molar-refractivity contribution >= 4 is 29.0 Å². The summed E-state index contributed by atoms with van der Waals surface area (Å²) in [5.74, 6) is -1.73. The number of para-hydroxylation sites is 1. The molecule has 0 aliphatic carbocycles. The zero-order chi connectivity index (χ0) is 28.4. The normalized spacial score (nSPS) is 22.4. The van der Waals surface area contributed by atoms with E-state index in [1.807, 2.05) is 32.0 Å². The fourth-order valence-electron chi connectivity index (χ4n) is 6.15. The predicted molar refractivity (Wildman–Crippen MR) is 151 cm³/mol. The van der Waals surface area contributed by atoms with Gasteiger partial charge in [0.15, 0.2) is 5.54 Å². The van der Waals surface area contributed by atoms with Crippen LogP contribution in [0.4, 0.5) is 5.69 Å². The number of ketones is 1. The maximum Gasteiger partial charge on any atom is 0.296 e. The van der Waals surface area contributed by atoms with Gasteiger partial charge in [-0.05, 0) is 49.6 Å². The van der Waals surface area contributed by atoms with Crippen LogP contribution in [-0.4, -0.2) is 85.6 Å². The van der Waals surface area contributed by atoms with Gasteiger partial charge in [0, 0.05) is 43.9 Å². The average molecular weight is 548 g/mol. The van der Waals surface area contributed by atoms with Crippen LogP contribution in [0.1, 0.15) is 42.9 Å². The Hall–Kier alpha value is -3.69. The lowest BCUT2D eigenvalue weighted by Gasteiger charge is -2.35. The van der Waals surface area contributed by atoms with E-state index in [-0.39, 0.29) is 23.8 Å². The molecule has 40 heavy (non-hydrogen) atoms. The van der Waals surface area contributed by atoms with E-state index in [4.69, 9.17) is 9.47 Å². The molecule has 9 nitrogen and oxygen atoms in total. The number of aryl methyl sites for hydroxylation is 1. The third kappa shape index (κ3) is 4.47. The predicted octanol–water partition coefficient (Wildman–Crippen LogP) is 3.45. The Morgan fingerprint density at radius 2 is 1.77 bits per heavy atom. The minimum atomic E-state index is -1.73. The first-order chi connectivity index (χ1) is 19.4. The van der Waals surface area contributed by atoms with Crippen LogP contribution in [0.15, 0.2) is 48.0 Å². The zero-order valence-corrected chi connectivity index (χ0v) is 23.4. The molecule has 9 heteroatoms. The topological polar surface area (TPSA) is 99.6 Å². The fraction of sp³-hybridized carbons (Fsp3) is 0.452. The first kappa shape index (κ1) is 27.9. The van der Waals surface area contributed by atoms with E-state index in [1.54, 1.807) is 36.3 Å². The molecule has 2 aromatic carbocycles. The van der Waals surface area contributed by atoms with E-state index in [1.165, 1.54) is 4.90 Å². The summed E-state index contributed by atoms with van der Waals surface area (Å²) in [4.78, 5) is 47.4. The van der Waals surface area contributed by atoms with Crippen molar-refractivity contribution in [2.75, 3.05) is 57.9 Å². The number of benzene rings is 2. The Morgan fingerprint density at radius 1 is 1.02 bits per heavy atom. The van der Waals surface area contributed by atoms with Crippen LogP contribution in [0.5, 0.6) is 5.75 Å². The number of rotatable bonds is 9. The second-order valence-electron chi connectivity index (χ2n) is 10.5. The molecule has 3 aliphatic heterocycles. The molecule has 0 aromatic heterocycles. The Morgan fingerprint density at radius 3 is 2.48 bits per heavy atom. The van der Waals surface area contributed by atoms with E-state index in [2.05, 4.69) is 4.90 Å². The van der Waals surface area contributed by atoms with Gasteiger partial charge in [0.1, 0.15) is 11.5 Å². The third-order valence-electron chi connectivity index (χ3n) is 8.17. The van der Waals surface area contributed by atoms with Gasteiger partial charge in [-0.15, -0.1) is 0 Å². The van der Waals surface area contributed by atoms with Gasteiger partial charge in [0.05, 0.1) is 31.6 Å². The summed E-state index contributed by atoms with van der Waals surface area (Å²) in [6, 6.07) is 12.3. The van der Waals surface area contributed by atoms with Crippen molar-refractivity contribution in [2.24, 2.45) is 0 Å². The van der Waals surface area contributed by atoms with E-state index in [9.17, 15) is 19.5 Å². The SMILES string of the molecule is CCCCN1C(=O)C2(/C(=C(/O)c3ccc(OC)c(C)c3)C(=O)C(=O)N2CCCN2CCOCC2)c2ccccc21. The lowest BCUT2D eigenvalue weighted by atomic mass is 9.81. The number of aliphatic hydroxyl groups is 1. The van der Waals surface area contributed by atoms with Gasteiger partial charge in [-0.2, -0.15) is 0 Å². The molecule has 0 saturated carbocycles. The summed E-state index contributed by atoms with van der Waals surface area (Å²) in [5, 5.41) is 11.7. The number of carbonyl (C=O) groups excluding carboxylic acids is 3. The summed E-state index contributed by atoms with van der Waals surface area (Å²) in [6.07, 6.45) is 2.21. The van der Waals surface area contributed by atoms with Gasteiger partial charge in [0.2, 0.25) is 0 Å². The number of ether oxygens (including phenoxy) is 2. The van der Waals surface area contributed by atoms with Gasteiger partial charge >= 0.3 is 0 Å². The number of amides is 2. The van der Waals surface area contributed by atoms with Gasteiger partial charge < -0.3 is 24.4 Å². The number of hydrogen-bond acceptors (Lipinski definition) is 7. The number of fused-ring (bicyclic) bond motifs is 2. The molecule has 212 valence electrons. The Kier molecular flexibility index (Phi) is 7.96. The summed E-state index contributed by atoms with van der Waals surface area (Å²) in [5.41, 5.74) is 0.405. The molecule has 3 aliphatic rings. The molecule has 1 unspecified atom stereocenters. The third-order valence-corrected chi connectivity index (χ3v) is 8.17. The molecule has 2 aromatic rings. The van der Waals surface area contributed by atoms with Crippen molar-refractivity contribution in [3.05, 3.63) is 64.7 Å². The zero-order valence-electron chi connectivity index (χ0n) is 23.4. The molecule has 2 amide bonds. The second kappa shape index (κ2) is 11.4. The summed E-state index contributed by atoms with van der Waals surface area (Å²) in [7, 11) is 1.56. The van der Waals surface area contributed by atoms with Crippen LogP contribution in [0.2, 0.25) is 0 Å². The molecule has 0 bridgehead atoms. The van der Waals surface area contributed by atoms with Crippen LogP contribution in [0.3, 0.4) is 0 Å². The van der Waals surface area contributed by atoms with Crippen LogP contribution in [-0.2, 0) is 24.7 Å². The summed E-state index contributed by atoms with van der Waals surface area (Å²) < 4.78 is 10.8.